The van der Waals surface area contributed by atoms with Crippen molar-refractivity contribution in [3.05, 3.63) is 59.7 Å². The Hall–Kier alpha value is -2.11. The molecular weight excluding hydrogens is 358 g/mol. The van der Waals surface area contributed by atoms with Gasteiger partial charge in [0.2, 0.25) is 0 Å². The van der Waals surface area contributed by atoms with Gasteiger partial charge in [0.15, 0.2) is 11.5 Å². The van der Waals surface area contributed by atoms with E-state index in [1.165, 1.54) is 5.56 Å². The summed E-state index contributed by atoms with van der Waals surface area (Å²) >= 11 is 5.53. The highest BCUT2D eigenvalue weighted by molar-refractivity contribution is 7.80. The normalized spacial score (nSPS) is 11.9. The Bertz CT molecular complexity index is 719. The fourth-order valence-electron chi connectivity index (χ4n) is 2.77. The molecule has 0 unspecified atom stereocenters. The largest absolute Gasteiger partial charge is 0.493 e. The maximum atomic E-state index is 5.76. The van der Waals surface area contributed by atoms with Gasteiger partial charge in [-0.15, -0.1) is 0 Å². The first kappa shape index (κ1) is 21.2. The average Bonchev–Trinajstić information content (AvgIpc) is 2.67. The molecule has 1 atom stereocenters. The lowest BCUT2D eigenvalue weighted by Crippen LogP contribution is -2.36. The number of benzene rings is 2. The van der Waals surface area contributed by atoms with Crippen LogP contribution in [0.25, 0.3) is 0 Å². The third kappa shape index (κ3) is 6.85. The van der Waals surface area contributed by atoms with Gasteiger partial charge in [-0.2, -0.15) is 0 Å². The number of ether oxygens (including phenoxy) is 3. The van der Waals surface area contributed by atoms with Gasteiger partial charge in [-0.3, -0.25) is 0 Å². The smallest absolute Gasteiger partial charge is 0.161 e. The molecule has 0 amide bonds. The van der Waals surface area contributed by atoms with Crippen molar-refractivity contribution in [1.29, 1.82) is 0 Å². The summed E-state index contributed by atoms with van der Waals surface area (Å²) in [5, 5.41) is 3.32. The van der Waals surface area contributed by atoms with Crippen LogP contribution >= 0.6 is 12.2 Å². The third-order valence-corrected chi connectivity index (χ3v) is 4.55. The summed E-state index contributed by atoms with van der Waals surface area (Å²) in [5.41, 5.74) is 2.37. The number of thiocarbonyl (C=S) groups is 1. The fraction of sp³-hybridized carbons (Fsp3) is 0.409. The molecule has 0 saturated heterocycles. The SMILES string of the molecule is COc1cc(CCNC(=S)[C@@H](Cc2ccccc2)OC)ccc1OC(C)C. The quantitative estimate of drug-likeness (QED) is 0.619. The second-order valence-electron chi connectivity index (χ2n) is 6.61. The predicted octanol–water partition coefficient (Wildman–Crippen LogP) is 4.20. The minimum Gasteiger partial charge on any atom is -0.493 e. The molecule has 2 rings (SSSR count). The summed E-state index contributed by atoms with van der Waals surface area (Å²) in [4.78, 5) is 0.730. The van der Waals surface area contributed by atoms with Crippen LogP contribution in [0.15, 0.2) is 48.5 Å². The molecule has 0 aliphatic carbocycles. The van der Waals surface area contributed by atoms with Crippen LogP contribution in [0.3, 0.4) is 0 Å². The van der Waals surface area contributed by atoms with Crippen molar-refractivity contribution in [2.24, 2.45) is 0 Å². The van der Waals surface area contributed by atoms with Crippen molar-refractivity contribution in [3.8, 4) is 11.5 Å². The van der Waals surface area contributed by atoms with E-state index in [1.807, 2.05) is 44.2 Å². The van der Waals surface area contributed by atoms with Gasteiger partial charge in [0.25, 0.3) is 0 Å². The lowest BCUT2D eigenvalue weighted by Gasteiger charge is -2.18. The molecular formula is C22H29NO3S. The zero-order valence-corrected chi connectivity index (χ0v) is 17.3. The van der Waals surface area contributed by atoms with Gasteiger partial charge in [0.1, 0.15) is 11.1 Å². The maximum absolute atomic E-state index is 5.76. The lowest BCUT2D eigenvalue weighted by atomic mass is 10.1. The summed E-state index contributed by atoms with van der Waals surface area (Å²) in [6.45, 7) is 4.74. The highest BCUT2D eigenvalue weighted by Crippen LogP contribution is 2.29. The molecule has 0 aliphatic heterocycles. The van der Waals surface area contributed by atoms with Crippen LogP contribution in [0.1, 0.15) is 25.0 Å². The molecule has 0 aliphatic rings. The summed E-state index contributed by atoms with van der Waals surface area (Å²) in [5.74, 6) is 1.52. The van der Waals surface area contributed by atoms with E-state index in [0.717, 1.165) is 41.4 Å². The molecule has 0 fully saturated rings. The second kappa shape index (κ2) is 10.9. The number of hydrogen-bond acceptors (Lipinski definition) is 4. The molecule has 0 heterocycles. The molecule has 4 nitrogen and oxygen atoms in total. The predicted molar refractivity (Wildman–Crippen MR) is 114 cm³/mol. The Morgan fingerprint density at radius 3 is 2.37 bits per heavy atom. The number of rotatable bonds is 10. The minimum absolute atomic E-state index is 0.111. The lowest BCUT2D eigenvalue weighted by molar-refractivity contribution is 0.155. The van der Waals surface area contributed by atoms with Gasteiger partial charge < -0.3 is 19.5 Å². The molecule has 0 radical (unpaired) electrons. The Morgan fingerprint density at radius 1 is 1.00 bits per heavy atom. The van der Waals surface area contributed by atoms with Crippen LogP contribution in [0.4, 0.5) is 0 Å². The van der Waals surface area contributed by atoms with Crippen molar-refractivity contribution in [3.63, 3.8) is 0 Å². The topological polar surface area (TPSA) is 39.7 Å². The van der Waals surface area contributed by atoms with E-state index in [0.29, 0.717) is 0 Å². The Kier molecular flexibility index (Phi) is 8.55. The minimum atomic E-state index is -0.126. The van der Waals surface area contributed by atoms with Crippen molar-refractivity contribution in [2.45, 2.75) is 38.9 Å². The first-order valence-electron chi connectivity index (χ1n) is 9.21. The molecule has 27 heavy (non-hydrogen) atoms. The van der Waals surface area contributed by atoms with Crippen molar-refractivity contribution in [2.75, 3.05) is 20.8 Å². The number of hydrogen-bond donors (Lipinski definition) is 1. The van der Waals surface area contributed by atoms with Gasteiger partial charge in [-0.25, -0.2) is 0 Å². The van der Waals surface area contributed by atoms with E-state index in [9.17, 15) is 0 Å². The molecule has 2 aromatic rings. The van der Waals surface area contributed by atoms with E-state index in [-0.39, 0.29) is 12.2 Å². The Labute approximate surface area is 167 Å². The van der Waals surface area contributed by atoms with Crippen molar-refractivity contribution < 1.29 is 14.2 Å². The van der Waals surface area contributed by atoms with E-state index >= 15 is 0 Å². The van der Waals surface area contributed by atoms with Crippen LogP contribution in [-0.2, 0) is 17.6 Å². The van der Waals surface area contributed by atoms with Crippen LogP contribution in [-0.4, -0.2) is 38.0 Å². The Balaban J connectivity index is 1.88. The van der Waals surface area contributed by atoms with Crippen molar-refractivity contribution in [1.82, 2.24) is 5.32 Å². The van der Waals surface area contributed by atoms with Crippen LogP contribution in [0.2, 0.25) is 0 Å². The first-order chi connectivity index (χ1) is 13.0. The summed E-state index contributed by atoms with van der Waals surface area (Å²) in [7, 11) is 3.35. The van der Waals surface area contributed by atoms with Gasteiger partial charge in [0, 0.05) is 20.1 Å². The molecule has 0 bridgehead atoms. The average molecular weight is 388 g/mol. The van der Waals surface area contributed by atoms with Crippen molar-refractivity contribution >= 4 is 17.2 Å². The summed E-state index contributed by atoms with van der Waals surface area (Å²) in [6.07, 6.45) is 1.58. The van der Waals surface area contributed by atoms with Gasteiger partial charge in [-0.1, -0.05) is 48.6 Å². The van der Waals surface area contributed by atoms with E-state index in [4.69, 9.17) is 26.4 Å². The molecule has 0 saturated carbocycles. The molecule has 0 aromatic heterocycles. The number of methoxy groups -OCH3 is 2. The maximum Gasteiger partial charge on any atom is 0.161 e. The van der Waals surface area contributed by atoms with Gasteiger partial charge in [-0.05, 0) is 43.5 Å². The third-order valence-electron chi connectivity index (χ3n) is 4.14. The van der Waals surface area contributed by atoms with Crippen LogP contribution < -0.4 is 14.8 Å². The fourth-order valence-corrected chi connectivity index (χ4v) is 3.06. The monoisotopic (exact) mass is 387 g/mol. The first-order valence-corrected chi connectivity index (χ1v) is 9.62. The molecule has 2 aromatic carbocycles. The highest BCUT2D eigenvalue weighted by atomic mass is 32.1. The van der Waals surface area contributed by atoms with Crippen LogP contribution in [0.5, 0.6) is 11.5 Å². The highest BCUT2D eigenvalue weighted by Gasteiger charge is 2.14. The molecule has 1 N–H and O–H groups in total. The zero-order valence-electron chi connectivity index (χ0n) is 16.5. The second-order valence-corrected chi connectivity index (χ2v) is 7.05. The molecule has 146 valence electrons. The molecule has 5 heteroatoms. The zero-order chi connectivity index (χ0) is 19.6. The van der Waals surface area contributed by atoms with Gasteiger partial charge in [0.05, 0.1) is 13.2 Å². The van der Waals surface area contributed by atoms with E-state index in [2.05, 4.69) is 23.5 Å². The molecule has 0 spiro atoms. The summed E-state index contributed by atoms with van der Waals surface area (Å²) in [6, 6.07) is 16.3. The van der Waals surface area contributed by atoms with E-state index in [1.54, 1.807) is 14.2 Å². The number of nitrogens with one attached hydrogen (secondary N) is 1. The van der Waals surface area contributed by atoms with Gasteiger partial charge >= 0.3 is 0 Å². The van der Waals surface area contributed by atoms with E-state index < -0.39 is 0 Å². The summed E-state index contributed by atoms with van der Waals surface area (Å²) < 4.78 is 16.8. The Morgan fingerprint density at radius 2 is 1.74 bits per heavy atom. The van der Waals surface area contributed by atoms with Crippen LogP contribution in [0, 0.1) is 0 Å². The standard InChI is InChI=1S/C22H29NO3S/c1-16(2)26-19-11-10-18(14-20(19)24-3)12-13-23-22(27)21(25-4)15-17-8-6-5-7-9-17/h5-11,14,16,21H,12-13,15H2,1-4H3,(H,23,27)/t21-/m1/s1.